The molecule has 0 saturated carbocycles. The molecule has 1 amide bonds. The highest BCUT2D eigenvalue weighted by molar-refractivity contribution is 6.30. The van der Waals surface area contributed by atoms with E-state index in [1.54, 1.807) is 0 Å². The first-order valence-electron chi connectivity index (χ1n) is 7.45. The summed E-state index contributed by atoms with van der Waals surface area (Å²) >= 11 is 5.94. The van der Waals surface area contributed by atoms with Crippen molar-refractivity contribution >= 4 is 17.5 Å². The molecule has 2 rings (SSSR count). The number of hydrogen-bond donors (Lipinski definition) is 1. The zero-order valence-electron chi connectivity index (χ0n) is 13.3. The minimum Gasteiger partial charge on any atom is -0.355 e. The second-order valence-corrected chi connectivity index (χ2v) is 6.77. The fraction of sp³-hybridized carbons (Fsp3) is 0.316. The Bertz CT molecular complexity index is 647. The average molecular weight is 316 g/mol. The van der Waals surface area contributed by atoms with Crippen LogP contribution in [0.4, 0.5) is 0 Å². The van der Waals surface area contributed by atoms with E-state index < -0.39 is 0 Å². The number of aryl methyl sites for hydroxylation is 1. The van der Waals surface area contributed by atoms with E-state index >= 15 is 0 Å². The molecule has 116 valence electrons. The molecule has 22 heavy (non-hydrogen) atoms. The summed E-state index contributed by atoms with van der Waals surface area (Å²) in [5.41, 5.74) is 3.29. The Labute approximate surface area is 137 Å². The summed E-state index contributed by atoms with van der Waals surface area (Å²) in [7, 11) is 0. The lowest BCUT2D eigenvalue weighted by Gasteiger charge is -2.26. The standard InChI is InChI=1S/C19H22ClNO/c1-14-7-9-16(10-8-14)19(2,3)13-21-18(22)12-15-5-4-6-17(20)11-15/h4-11H,12-13H2,1-3H3,(H,21,22). The maximum atomic E-state index is 12.1. The molecule has 0 aliphatic carbocycles. The molecule has 2 aromatic rings. The average Bonchev–Trinajstić information content (AvgIpc) is 2.46. The highest BCUT2D eigenvalue weighted by atomic mass is 35.5. The third kappa shape index (κ3) is 4.60. The first kappa shape index (κ1) is 16.6. The number of benzene rings is 2. The molecule has 0 radical (unpaired) electrons. The van der Waals surface area contributed by atoms with Crippen molar-refractivity contribution in [3.63, 3.8) is 0 Å². The predicted octanol–water partition coefficient (Wildman–Crippen LogP) is 4.28. The molecule has 0 fully saturated rings. The number of nitrogens with one attached hydrogen (secondary N) is 1. The Morgan fingerprint density at radius 2 is 1.82 bits per heavy atom. The zero-order chi connectivity index (χ0) is 16.2. The van der Waals surface area contributed by atoms with Crippen LogP contribution in [0.25, 0.3) is 0 Å². The molecular formula is C19H22ClNO. The molecule has 0 atom stereocenters. The smallest absolute Gasteiger partial charge is 0.224 e. The van der Waals surface area contributed by atoms with Gasteiger partial charge < -0.3 is 5.32 Å². The van der Waals surface area contributed by atoms with Gasteiger partial charge in [-0.3, -0.25) is 4.79 Å². The van der Waals surface area contributed by atoms with E-state index in [2.05, 4.69) is 50.4 Å². The monoisotopic (exact) mass is 315 g/mol. The van der Waals surface area contributed by atoms with Crippen LogP contribution in [0.15, 0.2) is 48.5 Å². The molecule has 0 saturated heterocycles. The van der Waals surface area contributed by atoms with Gasteiger partial charge >= 0.3 is 0 Å². The topological polar surface area (TPSA) is 29.1 Å². The van der Waals surface area contributed by atoms with Gasteiger partial charge in [0.15, 0.2) is 0 Å². The van der Waals surface area contributed by atoms with Crippen molar-refractivity contribution in [2.45, 2.75) is 32.6 Å². The van der Waals surface area contributed by atoms with Crippen molar-refractivity contribution in [1.29, 1.82) is 0 Å². The van der Waals surface area contributed by atoms with Crippen molar-refractivity contribution in [3.8, 4) is 0 Å². The summed E-state index contributed by atoms with van der Waals surface area (Å²) in [6.07, 6.45) is 0.352. The SMILES string of the molecule is Cc1ccc(C(C)(C)CNC(=O)Cc2cccc(Cl)c2)cc1. The first-order chi connectivity index (χ1) is 10.4. The van der Waals surface area contributed by atoms with Crippen LogP contribution < -0.4 is 5.32 Å². The summed E-state index contributed by atoms with van der Waals surface area (Å²) in [4.78, 5) is 12.1. The molecule has 0 spiro atoms. The molecule has 0 unspecified atom stereocenters. The lowest BCUT2D eigenvalue weighted by atomic mass is 9.84. The van der Waals surface area contributed by atoms with Gasteiger partial charge in [-0.15, -0.1) is 0 Å². The summed E-state index contributed by atoms with van der Waals surface area (Å²) in [6.45, 7) is 6.95. The van der Waals surface area contributed by atoms with Gasteiger partial charge in [0, 0.05) is 17.0 Å². The van der Waals surface area contributed by atoms with Gasteiger partial charge in [0.1, 0.15) is 0 Å². The quantitative estimate of drug-likeness (QED) is 0.876. The lowest BCUT2D eigenvalue weighted by molar-refractivity contribution is -0.120. The van der Waals surface area contributed by atoms with Gasteiger partial charge in [0.05, 0.1) is 6.42 Å². The molecule has 0 heterocycles. The van der Waals surface area contributed by atoms with Gasteiger partial charge in [0.2, 0.25) is 5.91 Å². The molecule has 0 bridgehead atoms. The van der Waals surface area contributed by atoms with Crippen LogP contribution >= 0.6 is 11.6 Å². The first-order valence-corrected chi connectivity index (χ1v) is 7.83. The van der Waals surface area contributed by atoms with Crippen molar-refractivity contribution in [1.82, 2.24) is 5.32 Å². The molecule has 1 N–H and O–H groups in total. The molecular weight excluding hydrogens is 294 g/mol. The van der Waals surface area contributed by atoms with E-state index in [1.165, 1.54) is 11.1 Å². The number of carbonyl (C=O) groups is 1. The normalized spacial score (nSPS) is 11.3. The van der Waals surface area contributed by atoms with Crippen LogP contribution in [0.1, 0.15) is 30.5 Å². The number of hydrogen-bond acceptors (Lipinski definition) is 1. The van der Waals surface area contributed by atoms with Crippen LogP contribution in [0.5, 0.6) is 0 Å². The number of carbonyl (C=O) groups excluding carboxylic acids is 1. The Balaban J connectivity index is 1.93. The maximum Gasteiger partial charge on any atom is 0.224 e. The molecule has 2 nitrogen and oxygen atoms in total. The van der Waals surface area contributed by atoms with Crippen LogP contribution in [0, 0.1) is 6.92 Å². The fourth-order valence-corrected chi connectivity index (χ4v) is 2.53. The molecule has 0 aliphatic heterocycles. The Hall–Kier alpha value is -1.80. The lowest BCUT2D eigenvalue weighted by Crippen LogP contribution is -2.37. The third-order valence-electron chi connectivity index (χ3n) is 3.81. The summed E-state index contributed by atoms with van der Waals surface area (Å²) in [5, 5.41) is 3.68. The van der Waals surface area contributed by atoms with Crippen molar-refractivity contribution < 1.29 is 4.79 Å². The van der Waals surface area contributed by atoms with Gasteiger partial charge in [0.25, 0.3) is 0 Å². The second-order valence-electron chi connectivity index (χ2n) is 6.33. The van der Waals surface area contributed by atoms with Crippen LogP contribution in [-0.2, 0) is 16.6 Å². The van der Waals surface area contributed by atoms with E-state index in [9.17, 15) is 4.79 Å². The number of halogens is 1. The third-order valence-corrected chi connectivity index (χ3v) is 4.05. The minimum atomic E-state index is -0.0995. The summed E-state index contributed by atoms with van der Waals surface area (Å²) in [6, 6.07) is 15.9. The fourth-order valence-electron chi connectivity index (χ4n) is 2.32. The Kier molecular flexibility index (Phi) is 5.25. The Morgan fingerprint density at radius 3 is 2.45 bits per heavy atom. The van der Waals surface area contributed by atoms with E-state index in [-0.39, 0.29) is 11.3 Å². The van der Waals surface area contributed by atoms with E-state index in [0.29, 0.717) is 18.0 Å². The van der Waals surface area contributed by atoms with Crippen LogP contribution in [0.3, 0.4) is 0 Å². The van der Waals surface area contributed by atoms with Gasteiger partial charge in [-0.25, -0.2) is 0 Å². The summed E-state index contributed by atoms with van der Waals surface area (Å²) < 4.78 is 0. The van der Waals surface area contributed by atoms with Crippen molar-refractivity contribution in [2.24, 2.45) is 0 Å². The van der Waals surface area contributed by atoms with Gasteiger partial charge in [-0.2, -0.15) is 0 Å². The van der Waals surface area contributed by atoms with E-state index in [0.717, 1.165) is 5.56 Å². The van der Waals surface area contributed by atoms with Gasteiger partial charge in [-0.1, -0.05) is 67.4 Å². The highest BCUT2D eigenvalue weighted by Gasteiger charge is 2.21. The minimum absolute atomic E-state index is 0.0162. The molecule has 0 aliphatic rings. The largest absolute Gasteiger partial charge is 0.355 e. The second kappa shape index (κ2) is 6.97. The van der Waals surface area contributed by atoms with Crippen molar-refractivity contribution in [3.05, 3.63) is 70.2 Å². The molecule has 3 heteroatoms. The number of amides is 1. The predicted molar refractivity (Wildman–Crippen MR) is 92.4 cm³/mol. The van der Waals surface area contributed by atoms with Crippen LogP contribution in [0.2, 0.25) is 5.02 Å². The highest BCUT2D eigenvalue weighted by Crippen LogP contribution is 2.22. The summed E-state index contributed by atoms with van der Waals surface area (Å²) in [5.74, 6) is 0.0162. The van der Waals surface area contributed by atoms with Crippen molar-refractivity contribution in [2.75, 3.05) is 6.54 Å². The maximum absolute atomic E-state index is 12.1. The number of rotatable bonds is 5. The zero-order valence-corrected chi connectivity index (χ0v) is 14.1. The molecule has 0 aromatic heterocycles. The Morgan fingerprint density at radius 1 is 1.14 bits per heavy atom. The van der Waals surface area contributed by atoms with E-state index in [4.69, 9.17) is 11.6 Å². The van der Waals surface area contributed by atoms with E-state index in [1.807, 2.05) is 24.3 Å². The van der Waals surface area contributed by atoms with Crippen LogP contribution in [-0.4, -0.2) is 12.5 Å². The molecule has 2 aromatic carbocycles. The van der Waals surface area contributed by atoms with Gasteiger partial charge in [-0.05, 0) is 30.2 Å².